The summed E-state index contributed by atoms with van der Waals surface area (Å²) in [7, 11) is 0. The third-order valence-corrected chi connectivity index (χ3v) is 3.91. The highest BCUT2D eigenvalue weighted by atomic mass is 16.5. The van der Waals surface area contributed by atoms with E-state index in [4.69, 9.17) is 0 Å². The fraction of sp³-hybridized carbons (Fsp3) is 0.300. The second kappa shape index (κ2) is 10.2. The van der Waals surface area contributed by atoms with Gasteiger partial charge in [0.05, 0.1) is 5.69 Å². The maximum absolute atomic E-state index is 11.9. The molecule has 4 amide bonds. The van der Waals surface area contributed by atoms with Crippen LogP contribution in [0.25, 0.3) is 0 Å². The molecule has 4 N–H and O–H groups in total. The number of amides is 4. The number of anilines is 2. The minimum absolute atomic E-state index is 0.260. The number of benzene rings is 2. The molecule has 0 saturated carbocycles. The van der Waals surface area contributed by atoms with Gasteiger partial charge in [-0.25, -0.2) is 9.59 Å². The van der Waals surface area contributed by atoms with E-state index in [-0.39, 0.29) is 6.03 Å². The molecule has 0 bridgehead atoms. The van der Waals surface area contributed by atoms with Gasteiger partial charge in [0.1, 0.15) is 0 Å². The number of urea groups is 2. The molecule has 7 nitrogen and oxygen atoms in total. The van der Waals surface area contributed by atoms with E-state index in [0.29, 0.717) is 36.7 Å². The summed E-state index contributed by atoms with van der Waals surface area (Å²) in [6.45, 7) is 4.77. The predicted octanol–water partition coefficient (Wildman–Crippen LogP) is 3.81. The van der Waals surface area contributed by atoms with E-state index in [1.807, 2.05) is 44.2 Å². The van der Waals surface area contributed by atoms with E-state index >= 15 is 0 Å². The molecule has 0 atom stereocenters. The van der Waals surface area contributed by atoms with Gasteiger partial charge < -0.3 is 16.0 Å². The zero-order valence-electron chi connectivity index (χ0n) is 15.7. The number of carbonyl (C=O) groups excluding carboxylic acids is 2. The Morgan fingerprint density at radius 1 is 0.926 bits per heavy atom. The molecule has 0 spiro atoms. The fourth-order valence-electron chi connectivity index (χ4n) is 2.41. The molecule has 0 aliphatic heterocycles. The lowest BCUT2D eigenvalue weighted by Gasteiger charge is -2.16. The van der Waals surface area contributed by atoms with Crippen molar-refractivity contribution in [3.8, 4) is 0 Å². The SMILES string of the molecule is Cc1ccc(NC(=O)NCCCCNC(=O)N(O)c2cccc(C)c2)cc1. The molecule has 0 saturated heterocycles. The van der Waals surface area contributed by atoms with Crippen LogP contribution in [-0.4, -0.2) is 30.4 Å². The highest BCUT2D eigenvalue weighted by Gasteiger charge is 2.12. The molecule has 0 aliphatic rings. The minimum atomic E-state index is -0.578. The van der Waals surface area contributed by atoms with E-state index in [1.165, 1.54) is 0 Å². The first-order chi connectivity index (χ1) is 13.0. The van der Waals surface area contributed by atoms with Gasteiger partial charge in [-0.1, -0.05) is 29.8 Å². The third-order valence-electron chi connectivity index (χ3n) is 3.91. The quantitative estimate of drug-likeness (QED) is 0.339. The zero-order chi connectivity index (χ0) is 19.6. The monoisotopic (exact) mass is 370 g/mol. The number of carbonyl (C=O) groups is 2. The van der Waals surface area contributed by atoms with Gasteiger partial charge in [0, 0.05) is 18.8 Å². The average molecular weight is 370 g/mol. The standard InChI is InChI=1S/C20H26N4O3/c1-15-8-10-17(11-9-15)23-19(25)21-12-3-4-13-22-20(26)24(27)18-7-5-6-16(2)14-18/h5-11,14,27H,3-4,12-13H2,1-2H3,(H,22,26)(H2,21,23,25). The fourth-order valence-corrected chi connectivity index (χ4v) is 2.41. The normalized spacial score (nSPS) is 10.2. The molecule has 27 heavy (non-hydrogen) atoms. The summed E-state index contributed by atoms with van der Waals surface area (Å²) in [4.78, 5) is 23.7. The predicted molar refractivity (Wildman–Crippen MR) is 106 cm³/mol. The van der Waals surface area contributed by atoms with Gasteiger partial charge in [0.25, 0.3) is 0 Å². The van der Waals surface area contributed by atoms with E-state index in [0.717, 1.165) is 16.8 Å². The smallest absolute Gasteiger partial charge is 0.338 e. The van der Waals surface area contributed by atoms with E-state index in [2.05, 4.69) is 16.0 Å². The van der Waals surface area contributed by atoms with Crippen LogP contribution in [0.3, 0.4) is 0 Å². The Labute approximate surface area is 159 Å². The number of unbranched alkanes of at least 4 members (excludes halogenated alkanes) is 1. The molecule has 2 aromatic carbocycles. The Balaban J connectivity index is 1.59. The van der Waals surface area contributed by atoms with Gasteiger partial charge in [0.2, 0.25) is 0 Å². The number of rotatable bonds is 7. The minimum Gasteiger partial charge on any atom is -0.338 e. The van der Waals surface area contributed by atoms with Gasteiger partial charge >= 0.3 is 12.1 Å². The zero-order valence-corrected chi connectivity index (χ0v) is 15.7. The Morgan fingerprint density at radius 3 is 2.26 bits per heavy atom. The maximum atomic E-state index is 11.9. The van der Waals surface area contributed by atoms with Gasteiger partial charge in [-0.3, -0.25) is 5.21 Å². The summed E-state index contributed by atoms with van der Waals surface area (Å²) in [5.74, 6) is 0. The van der Waals surface area contributed by atoms with Crippen molar-refractivity contribution in [3.63, 3.8) is 0 Å². The molecule has 0 heterocycles. The molecular formula is C20H26N4O3. The third kappa shape index (κ3) is 6.99. The number of hydroxylamine groups is 1. The molecule has 7 heteroatoms. The lowest BCUT2D eigenvalue weighted by atomic mass is 10.2. The number of nitrogens with one attached hydrogen (secondary N) is 3. The van der Waals surface area contributed by atoms with Crippen LogP contribution in [0.5, 0.6) is 0 Å². The van der Waals surface area contributed by atoms with Crippen molar-refractivity contribution in [3.05, 3.63) is 59.7 Å². The van der Waals surface area contributed by atoms with Gasteiger partial charge in [-0.05, 0) is 56.5 Å². The second-order valence-corrected chi connectivity index (χ2v) is 6.34. The Kier molecular flexibility index (Phi) is 7.63. The summed E-state index contributed by atoms with van der Waals surface area (Å²) >= 11 is 0. The first-order valence-corrected chi connectivity index (χ1v) is 8.91. The first kappa shape index (κ1) is 20.3. The van der Waals surface area contributed by atoms with E-state index < -0.39 is 6.03 Å². The van der Waals surface area contributed by atoms with Crippen LogP contribution in [0.2, 0.25) is 0 Å². The topological polar surface area (TPSA) is 93.7 Å². The van der Waals surface area contributed by atoms with E-state index in [9.17, 15) is 14.8 Å². The summed E-state index contributed by atoms with van der Waals surface area (Å²) < 4.78 is 0. The van der Waals surface area contributed by atoms with Crippen molar-refractivity contribution in [1.82, 2.24) is 10.6 Å². The molecule has 0 fully saturated rings. The van der Waals surface area contributed by atoms with Gasteiger partial charge in [-0.15, -0.1) is 0 Å². The van der Waals surface area contributed by atoms with Crippen LogP contribution < -0.4 is 21.0 Å². The summed E-state index contributed by atoms with van der Waals surface area (Å²) in [6.07, 6.45) is 1.38. The number of hydrogen-bond acceptors (Lipinski definition) is 3. The molecule has 0 aromatic heterocycles. The number of nitrogens with zero attached hydrogens (tertiary/aromatic N) is 1. The summed E-state index contributed by atoms with van der Waals surface area (Å²) in [5.41, 5.74) is 3.24. The molecule has 144 valence electrons. The van der Waals surface area contributed by atoms with Crippen LogP contribution in [0.4, 0.5) is 21.0 Å². The molecule has 2 aromatic rings. The lowest BCUT2D eigenvalue weighted by molar-refractivity contribution is 0.204. The van der Waals surface area contributed by atoms with Crippen molar-refractivity contribution in [2.24, 2.45) is 0 Å². The Bertz CT molecular complexity index is 762. The summed E-state index contributed by atoms with van der Waals surface area (Å²) in [6, 6.07) is 13.7. The Hall–Kier alpha value is -3.06. The van der Waals surface area contributed by atoms with Crippen molar-refractivity contribution in [2.45, 2.75) is 26.7 Å². The van der Waals surface area contributed by atoms with Gasteiger partial charge in [0.15, 0.2) is 0 Å². The summed E-state index contributed by atoms with van der Waals surface area (Å²) in [5, 5.41) is 18.7. The van der Waals surface area contributed by atoms with Crippen LogP contribution in [0.1, 0.15) is 24.0 Å². The van der Waals surface area contributed by atoms with Crippen molar-refractivity contribution >= 4 is 23.4 Å². The second-order valence-electron chi connectivity index (χ2n) is 6.34. The highest BCUT2D eigenvalue weighted by molar-refractivity contribution is 5.89. The molecule has 0 unspecified atom stereocenters. The number of hydrogen-bond donors (Lipinski definition) is 4. The van der Waals surface area contributed by atoms with E-state index in [1.54, 1.807) is 18.2 Å². The van der Waals surface area contributed by atoms with Crippen LogP contribution in [0.15, 0.2) is 48.5 Å². The molecular weight excluding hydrogens is 344 g/mol. The van der Waals surface area contributed by atoms with Crippen LogP contribution in [-0.2, 0) is 0 Å². The molecule has 0 aliphatic carbocycles. The molecule has 0 radical (unpaired) electrons. The van der Waals surface area contributed by atoms with Crippen molar-refractivity contribution in [2.75, 3.05) is 23.5 Å². The van der Waals surface area contributed by atoms with Crippen LogP contribution in [0, 0.1) is 13.8 Å². The largest absolute Gasteiger partial charge is 0.345 e. The van der Waals surface area contributed by atoms with Gasteiger partial charge in [-0.2, -0.15) is 5.06 Å². The highest BCUT2D eigenvalue weighted by Crippen LogP contribution is 2.13. The first-order valence-electron chi connectivity index (χ1n) is 8.91. The van der Waals surface area contributed by atoms with Crippen molar-refractivity contribution < 1.29 is 14.8 Å². The van der Waals surface area contributed by atoms with Crippen LogP contribution >= 0.6 is 0 Å². The lowest BCUT2D eigenvalue weighted by Crippen LogP contribution is -2.38. The average Bonchev–Trinajstić information content (AvgIpc) is 2.65. The Morgan fingerprint density at radius 2 is 1.59 bits per heavy atom. The van der Waals surface area contributed by atoms with Crippen molar-refractivity contribution in [1.29, 1.82) is 0 Å². The molecule has 2 rings (SSSR count). The number of aryl methyl sites for hydroxylation is 2. The maximum Gasteiger partial charge on any atom is 0.345 e.